The van der Waals surface area contributed by atoms with Gasteiger partial charge in [0.2, 0.25) is 5.70 Å². The van der Waals surface area contributed by atoms with Crippen LogP contribution in [-0.2, 0) is 9.53 Å². The molecule has 0 bridgehead atoms. The first-order valence-corrected chi connectivity index (χ1v) is 7.33. The molecule has 1 aliphatic carbocycles. The van der Waals surface area contributed by atoms with Gasteiger partial charge in [0, 0.05) is 18.7 Å². The number of hydrogen-bond acceptors (Lipinski definition) is 3. The van der Waals surface area contributed by atoms with Gasteiger partial charge in [-0.15, -0.1) is 0 Å². The third-order valence-corrected chi connectivity index (χ3v) is 5.14. The molecule has 3 aliphatic rings. The number of carbonyl (C=O) groups is 1. The molecular weight excluding hydrogens is 278 g/mol. The van der Waals surface area contributed by atoms with Crippen molar-refractivity contribution in [2.45, 2.75) is 18.9 Å². The van der Waals surface area contributed by atoms with Gasteiger partial charge in [0.15, 0.2) is 5.54 Å². The molecule has 3 heterocycles. The summed E-state index contributed by atoms with van der Waals surface area (Å²) in [5, 5.41) is 0. The van der Waals surface area contributed by atoms with E-state index in [0.717, 1.165) is 12.4 Å². The molecule has 5 heteroatoms. The Morgan fingerprint density at radius 3 is 3.09 bits per heavy atom. The highest BCUT2D eigenvalue weighted by atomic mass is 16.5. The molecule has 0 saturated heterocycles. The summed E-state index contributed by atoms with van der Waals surface area (Å²) in [7, 11) is 3.47. The van der Waals surface area contributed by atoms with E-state index < -0.39 is 0 Å². The number of likely N-dealkylation sites (N-methyl/N-ethyl adjacent to an activating group) is 1. The molecule has 22 heavy (non-hydrogen) atoms. The Kier molecular flexibility index (Phi) is 2.46. The molecule has 0 amide bonds. The van der Waals surface area contributed by atoms with Gasteiger partial charge in [-0.05, 0) is 18.6 Å². The normalized spacial score (nSPS) is 31.5. The Bertz CT molecular complexity index is 812. The molecule has 1 spiro atoms. The van der Waals surface area contributed by atoms with Crippen molar-refractivity contribution in [2.24, 2.45) is 0 Å². The molecule has 0 fully saturated rings. The summed E-state index contributed by atoms with van der Waals surface area (Å²) in [4.78, 5) is 17.0. The Labute approximate surface area is 129 Å². The van der Waals surface area contributed by atoms with Crippen molar-refractivity contribution in [1.82, 2.24) is 14.0 Å². The zero-order chi connectivity index (χ0) is 15.5. The molecule has 2 unspecified atom stereocenters. The second-order valence-corrected chi connectivity index (χ2v) is 6.07. The molecule has 1 aromatic heterocycles. The monoisotopic (exact) mass is 296 g/mol. The second kappa shape index (κ2) is 4.08. The lowest BCUT2D eigenvalue weighted by Crippen LogP contribution is -2.62. The SMILES string of the molecule is COC(=O)C1=CC=CC23CC=CC(C)=C2n2ccnc2[N+]13C. The van der Waals surface area contributed by atoms with E-state index in [1.54, 1.807) is 6.20 Å². The number of nitrogens with zero attached hydrogens (tertiary/aromatic N) is 3. The van der Waals surface area contributed by atoms with Gasteiger partial charge in [0.1, 0.15) is 0 Å². The van der Waals surface area contributed by atoms with Gasteiger partial charge < -0.3 is 4.74 Å². The number of quaternary nitrogens is 1. The molecule has 1 aromatic rings. The number of esters is 1. The van der Waals surface area contributed by atoms with E-state index >= 15 is 0 Å². The fraction of sp³-hybridized carbons (Fsp3) is 0.294. The van der Waals surface area contributed by atoms with E-state index in [1.807, 2.05) is 25.4 Å². The highest BCUT2D eigenvalue weighted by Crippen LogP contribution is 2.55. The first-order valence-electron chi connectivity index (χ1n) is 7.33. The van der Waals surface area contributed by atoms with Gasteiger partial charge in [-0.25, -0.2) is 9.28 Å². The largest absolute Gasteiger partial charge is 0.462 e. The molecule has 0 N–H and O–H groups in total. The number of aromatic nitrogens is 2. The van der Waals surface area contributed by atoms with Crippen molar-refractivity contribution in [2.75, 3.05) is 14.2 Å². The topological polar surface area (TPSA) is 44.1 Å². The van der Waals surface area contributed by atoms with Crippen LogP contribution < -0.4 is 4.48 Å². The molecule has 0 saturated carbocycles. The van der Waals surface area contributed by atoms with Crippen LogP contribution in [0.15, 0.2) is 54.0 Å². The minimum absolute atomic E-state index is 0.311. The third kappa shape index (κ3) is 1.24. The summed E-state index contributed by atoms with van der Waals surface area (Å²) in [5.41, 5.74) is 2.66. The van der Waals surface area contributed by atoms with Crippen LogP contribution in [0.5, 0.6) is 0 Å². The van der Waals surface area contributed by atoms with Crippen LogP contribution in [0, 0.1) is 0 Å². The van der Waals surface area contributed by atoms with Crippen LogP contribution in [-0.4, -0.2) is 35.2 Å². The van der Waals surface area contributed by atoms with Gasteiger partial charge >= 0.3 is 11.9 Å². The highest BCUT2D eigenvalue weighted by Gasteiger charge is 2.64. The average Bonchev–Trinajstić information content (AvgIpc) is 3.05. The molecular formula is C17H18N3O2+. The molecule has 112 valence electrons. The number of rotatable bonds is 1. The van der Waals surface area contributed by atoms with Crippen molar-refractivity contribution in [3.05, 3.63) is 54.0 Å². The minimum atomic E-state index is -0.333. The predicted octanol–water partition coefficient (Wildman–Crippen LogP) is 2.39. The van der Waals surface area contributed by atoms with Crippen molar-refractivity contribution >= 4 is 17.6 Å². The molecule has 5 nitrogen and oxygen atoms in total. The van der Waals surface area contributed by atoms with E-state index in [1.165, 1.54) is 18.4 Å². The van der Waals surface area contributed by atoms with E-state index in [-0.39, 0.29) is 11.5 Å². The number of fused-ring (bicyclic) bond motifs is 3. The Morgan fingerprint density at radius 1 is 1.50 bits per heavy atom. The van der Waals surface area contributed by atoms with Crippen LogP contribution in [0.3, 0.4) is 0 Å². The number of hydrogen-bond donors (Lipinski definition) is 0. The fourth-order valence-electron chi connectivity index (χ4n) is 4.13. The zero-order valence-corrected chi connectivity index (χ0v) is 12.9. The highest BCUT2D eigenvalue weighted by molar-refractivity contribution is 5.95. The summed E-state index contributed by atoms with van der Waals surface area (Å²) in [6.45, 7) is 2.11. The van der Waals surface area contributed by atoms with Crippen LogP contribution in [0.2, 0.25) is 0 Å². The standard InChI is InChI=1S/C17H18N3O2/c1-12-6-4-8-17-9-5-7-13(15(21)22-3)20(17,2)16-18-10-11-19(16)14(12)17/h4-7,9-11H,8H2,1-3H3/q+1. The van der Waals surface area contributed by atoms with E-state index in [2.05, 4.69) is 34.7 Å². The first kappa shape index (κ1) is 13.3. The first-order chi connectivity index (χ1) is 10.6. The average molecular weight is 296 g/mol. The summed E-state index contributed by atoms with van der Waals surface area (Å²) in [6, 6.07) is 0. The molecule has 2 aliphatic heterocycles. The Morgan fingerprint density at radius 2 is 2.32 bits per heavy atom. The Hall–Kier alpha value is -2.40. The maximum absolute atomic E-state index is 12.4. The van der Waals surface area contributed by atoms with Gasteiger partial charge in [0.25, 0.3) is 0 Å². The number of methoxy groups -OCH3 is 1. The maximum atomic E-state index is 12.4. The van der Waals surface area contributed by atoms with Crippen LogP contribution in [0.1, 0.15) is 13.3 Å². The maximum Gasteiger partial charge on any atom is 0.393 e. The summed E-state index contributed by atoms with van der Waals surface area (Å²) < 4.78 is 7.47. The van der Waals surface area contributed by atoms with Crippen molar-refractivity contribution in [1.29, 1.82) is 0 Å². The van der Waals surface area contributed by atoms with Gasteiger partial charge in [-0.1, -0.05) is 18.2 Å². The fourth-order valence-corrected chi connectivity index (χ4v) is 4.13. The molecule has 0 aromatic carbocycles. The number of imidazole rings is 1. The number of ether oxygens (including phenoxy) is 1. The third-order valence-electron chi connectivity index (χ3n) is 5.14. The smallest absolute Gasteiger partial charge is 0.393 e. The van der Waals surface area contributed by atoms with Crippen molar-refractivity contribution in [3.8, 4) is 0 Å². The van der Waals surface area contributed by atoms with E-state index in [4.69, 9.17) is 4.74 Å². The number of carbonyl (C=O) groups excluding carboxylic acids is 1. The molecule has 4 rings (SSSR count). The molecule has 0 radical (unpaired) electrons. The van der Waals surface area contributed by atoms with Gasteiger partial charge in [0.05, 0.1) is 26.1 Å². The van der Waals surface area contributed by atoms with E-state index in [9.17, 15) is 4.79 Å². The lowest BCUT2D eigenvalue weighted by Gasteiger charge is -2.44. The van der Waals surface area contributed by atoms with Crippen molar-refractivity contribution < 1.29 is 9.53 Å². The van der Waals surface area contributed by atoms with Gasteiger partial charge in [-0.3, -0.25) is 4.57 Å². The number of allylic oxidation sites excluding steroid dienone is 4. The summed E-state index contributed by atoms with van der Waals surface area (Å²) >= 11 is 0. The lowest BCUT2D eigenvalue weighted by atomic mass is 9.80. The zero-order valence-electron chi connectivity index (χ0n) is 12.9. The molecule has 2 atom stereocenters. The minimum Gasteiger partial charge on any atom is -0.462 e. The lowest BCUT2D eigenvalue weighted by molar-refractivity contribution is -0.138. The quantitative estimate of drug-likeness (QED) is 0.590. The van der Waals surface area contributed by atoms with Crippen LogP contribution >= 0.6 is 0 Å². The summed E-state index contributed by atoms with van der Waals surface area (Å²) in [5.74, 6) is 0.535. The van der Waals surface area contributed by atoms with Crippen molar-refractivity contribution in [3.63, 3.8) is 0 Å². The predicted molar refractivity (Wildman–Crippen MR) is 84.6 cm³/mol. The Balaban J connectivity index is 2.08. The van der Waals surface area contributed by atoms with Gasteiger partial charge in [-0.2, -0.15) is 4.98 Å². The second-order valence-electron chi connectivity index (χ2n) is 6.07. The van der Waals surface area contributed by atoms with Crippen LogP contribution in [0.25, 0.3) is 5.70 Å². The van der Waals surface area contributed by atoms with E-state index in [0.29, 0.717) is 10.2 Å². The van der Waals surface area contributed by atoms with Crippen LogP contribution in [0.4, 0.5) is 5.95 Å². The summed E-state index contributed by atoms with van der Waals surface area (Å²) in [6.07, 6.45) is 14.9.